The summed E-state index contributed by atoms with van der Waals surface area (Å²) in [6, 6.07) is 7.59. The molecule has 0 bridgehead atoms. The van der Waals surface area contributed by atoms with Crippen molar-refractivity contribution in [1.82, 2.24) is 14.7 Å². The molecule has 0 saturated carbocycles. The first-order chi connectivity index (χ1) is 13.8. The molecule has 1 aliphatic heterocycles. The van der Waals surface area contributed by atoms with Crippen LogP contribution < -0.4 is 15.8 Å². The van der Waals surface area contributed by atoms with E-state index in [1.807, 2.05) is 41.0 Å². The summed E-state index contributed by atoms with van der Waals surface area (Å²) in [5, 5.41) is 6.56. The summed E-state index contributed by atoms with van der Waals surface area (Å²) in [7, 11) is 0. The first-order valence-corrected chi connectivity index (χ1v) is 9.59. The standard InChI is InChI=1S/C19H22ClF2N5O2/c1-13-3-2-4-14(9-13)24-17(28)12-25-5-7-26(8-6-25)15-10-23-27(11-16(21)22)19(29)18(15)20/h2-4,9-10,16H,5-8,11-12H2,1H3,(H,24,28). The monoisotopic (exact) mass is 425 g/mol. The molecule has 0 spiro atoms. The second-order valence-corrected chi connectivity index (χ2v) is 7.28. The number of benzene rings is 1. The van der Waals surface area contributed by atoms with Crippen LogP contribution in [0.4, 0.5) is 20.2 Å². The van der Waals surface area contributed by atoms with Crippen molar-refractivity contribution in [2.75, 3.05) is 42.9 Å². The molecule has 7 nitrogen and oxygen atoms in total. The van der Waals surface area contributed by atoms with Crippen molar-refractivity contribution in [1.29, 1.82) is 0 Å². The van der Waals surface area contributed by atoms with Gasteiger partial charge >= 0.3 is 0 Å². The maximum absolute atomic E-state index is 12.5. The molecule has 0 radical (unpaired) electrons. The van der Waals surface area contributed by atoms with Crippen molar-refractivity contribution < 1.29 is 13.6 Å². The Bertz CT molecular complexity index is 929. The predicted molar refractivity (Wildman–Crippen MR) is 108 cm³/mol. The summed E-state index contributed by atoms with van der Waals surface area (Å²) in [4.78, 5) is 28.3. The van der Waals surface area contributed by atoms with E-state index in [0.717, 1.165) is 11.3 Å². The Balaban J connectivity index is 1.56. The van der Waals surface area contributed by atoms with Crippen molar-refractivity contribution in [2.45, 2.75) is 19.9 Å². The van der Waals surface area contributed by atoms with E-state index in [4.69, 9.17) is 11.6 Å². The number of carbonyl (C=O) groups excluding carboxylic acids is 1. The Morgan fingerprint density at radius 2 is 2.00 bits per heavy atom. The van der Waals surface area contributed by atoms with Crippen LogP contribution in [0.5, 0.6) is 0 Å². The second-order valence-electron chi connectivity index (χ2n) is 6.90. The zero-order valence-electron chi connectivity index (χ0n) is 15.9. The van der Waals surface area contributed by atoms with Gasteiger partial charge in [0.1, 0.15) is 11.6 Å². The fourth-order valence-electron chi connectivity index (χ4n) is 3.21. The number of hydrogen-bond donors (Lipinski definition) is 1. The Labute approximate surface area is 171 Å². The maximum atomic E-state index is 12.5. The molecule has 29 heavy (non-hydrogen) atoms. The molecule has 0 unspecified atom stereocenters. The number of carbonyl (C=O) groups is 1. The second kappa shape index (κ2) is 9.32. The van der Waals surface area contributed by atoms with Gasteiger partial charge in [-0.05, 0) is 24.6 Å². The zero-order chi connectivity index (χ0) is 21.0. The highest BCUT2D eigenvalue weighted by atomic mass is 35.5. The van der Waals surface area contributed by atoms with Gasteiger partial charge in [-0.25, -0.2) is 13.5 Å². The molecule has 0 atom stereocenters. The van der Waals surface area contributed by atoms with E-state index in [0.29, 0.717) is 36.5 Å². The van der Waals surface area contributed by atoms with Crippen LogP contribution in [0.1, 0.15) is 5.56 Å². The van der Waals surface area contributed by atoms with Gasteiger partial charge in [0.25, 0.3) is 12.0 Å². The summed E-state index contributed by atoms with van der Waals surface area (Å²) >= 11 is 6.10. The van der Waals surface area contributed by atoms with Gasteiger partial charge in [0.2, 0.25) is 5.91 Å². The number of nitrogens with one attached hydrogen (secondary N) is 1. The first-order valence-electron chi connectivity index (χ1n) is 9.21. The average Bonchev–Trinajstić information content (AvgIpc) is 2.66. The van der Waals surface area contributed by atoms with Crippen LogP contribution >= 0.6 is 11.6 Å². The molecule has 1 aliphatic rings. The number of hydrogen-bond acceptors (Lipinski definition) is 5. The van der Waals surface area contributed by atoms with Crippen LogP contribution in [-0.2, 0) is 11.3 Å². The minimum atomic E-state index is -2.68. The third kappa shape index (κ3) is 5.51. The number of nitrogens with zero attached hydrogens (tertiary/aromatic N) is 4. The number of aryl methyl sites for hydroxylation is 1. The van der Waals surface area contributed by atoms with Gasteiger partial charge in [-0.1, -0.05) is 23.7 Å². The molecule has 1 N–H and O–H groups in total. The molecule has 156 valence electrons. The molecule has 1 saturated heterocycles. The van der Waals surface area contributed by atoms with Crippen molar-refractivity contribution in [3.63, 3.8) is 0 Å². The number of amides is 1. The van der Waals surface area contributed by atoms with E-state index >= 15 is 0 Å². The number of aromatic nitrogens is 2. The molecule has 1 aromatic heterocycles. The van der Waals surface area contributed by atoms with Crippen LogP contribution in [0.25, 0.3) is 0 Å². The molecule has 10 heteroatoms. The van der Waals surface area contributed by atoms with Gasteiger partial charge in [0, 0.05) is 31.9 Å². The van der Waals surface area contributed by atoms with Gasteiger partial charge in [-0.2, -0.15) is 5.10 Å². The topological polar surface area (TPSA) is 70.5 Å². The SMILES string of the molecule is Cc1cccc(NC(=O)CN2CCN(c3cnn(CC(F)F)c(=O)c3Cl)CC2)c1. The lowest BCUT2D eigenvalue weighted by Crippen LogP contribution is -2.49. The van der Waals surface area contributed by atoms with Gasteiger partial charge < -0.3 is 10.2 Å². The minimum absolute atomic E-state index is 0.0988. The van der Waals surface area contributed by atoms with E-state index in [9.17, 15) is 18.4 Å². The lowest BCUT2D eigenvalue weighted by Gasteiger charge is -2.35. The van der Waals surface area contributed by atoms with Crippen LogP contribution in [0.2, 0.25) is 5.02 Å². The van der Waals surface area contributed by atoms with Crippen LogP contribution in [-0.4, -0.2) is 59.7 Å². The van der Waals surface area contributed by atoms with Crippen molar-refractivity contribution in [2.24, 2.45) is 0 Å². The summed E-state index contributed by atoms with van der Waals surface area (Å²) < 4.78 is 25.7. The Hall–Kier alpha value is -2.52. The van der Waals surface area contributed by atoms with Crippen LogP contribution in [0.15, 0.2) is 35.3 Å². The Morgan fingerprint density at radius 1 is 1.28 bits per heavy atom. The Kier molecular flexibility index (Phi) is 6.81. The van der Waals surface area contributed by atoms with Gasteiger partial charge in [0.15, 0.2) is 0 Å². The molecule has 3 rings (SSSR count). The van der Waals surface area contributed by atoms with E-state index < -0.39 is 18.5 Å². The molecule has 2 aromatic rings. The normalized spacial score (nSPS) is 15.0. The fourth-order valence-corrected chi connectivity index (χ4v) is 3.48. The maximum Gasteiger partial charge on any atom is 0.287 e. The summed E-state index contributed by atoms with van der Waals surface area (Å²) in [6.07, 6.45) is -1.34. The molecule has 2 heterocycles. The van der Waals surface area contributed by atoms with Crippen molar-refractivity contribution in [3.8, 4) is 0 Å². The molecule has 1 fully saturated rings. The van der Waals surface area contributed by atoms with Gasteiger partial charge in [-0.15, -0.1) is 0 Å². The number of anilines is 2. The van der Waals surface area contributed by atoms with Gasteiger partial charge in [0.05, 0.1) is 18.4 Å². The first kappa shape index (κ1) is 21.2. The highest BCUT2D eigenvalue weighted by Crippen LogP contribution is 2.22. The van der Waals surface area contributed by atoms with Gasteiger partial charge in [-0.3, -0.25) is 14.5 Å². The van der Waals surface area contributed by atoms with Crippen molar-refractivity contribution in [3.05, 3.63) is 51.4 Å². The van der Waals surface area contributed by atoms with Crippen LogP contribution in [0, 0.1) is 6.92 Å². The summed E-state index contributed by atoms with van der Waals surface area (Å²) in [5.74, 6) is -0.0988. The average molecular weight is 426 g/mol. The molecule has 0 aliphatic carbocycles. The number of alkyl halides is 2. The fraction of sp³-hybridized carbons (Fsp3) is 0.421. The third-order valence-electron chi connectivity index (χ3n) is 4.66. The number of piperazine rings is 1. The molecule has 1 amide bonds. The highest BCUT2D eigenvalue weighted by molar-refractivity contribution is 6.33. The van der Waals surface area contributed by atoms with E-state index in [-0.39, 0.29) is 17.5 Å². The van der Waals surface area contributed by atoms with Crippen molar-refractivity contribution >= 4 is 28.9 Å². The Morgan fingerprint density at radius 3 is 2.66 bits per heavy atom. The van der Waals surface area contributed by atoms with E-state index in [2.05, 4.69) is 10.4 Å². The van der Waals surface area contributed by atoms with E-state index in [1.165, 1.54) is 6.20 Å². The summed E-state index contributed by atoms with van der Waals surface area (Å²) in [5.41, 5.74) is 1.52. The predicted octanol–water partition coefficient (Wildman–Crippen LogP) is 2.23. The van der Waals surface area contributed by atoms with E-state index in [1.54, 1.807) is 0 Å². The third-order valence-corrected chi connectivity index (χ3v) is 5.01. The number of rotatable bonds is 6. The minimum Gasteiger partial charge on any atom is -0.366 e. The largest absolute Gasteiger partial charge is 0.366 e. The smallest absolute Gasteiger partial charge is 0.287 e. The molecule has 1 aromatic carbocycles. The number of halogens is 3. The highest BCUT2D eigenvalue weighted by Gasteiger charge is 2.23. The lowest BCUT2D eigenvalue weighted by atomic mass is 10.2. The molecular formula is C19H22ClF2N5O2. The summed E-state index contributed by atoms with van der Waals surface area (Å²) in [6.45, 7) is 3.69. The van der Waals surface area contributed by atoms with Crippen LogP contribution in [0.3, 0.4) is 0 Å². The quantitative estimate of drug-likeness (QED) is 0.768. The zero-order valence-corrected chi connectivity index (χ0v) is 16.7. The lowest BCUT2D eigenvalue weighted by molar-refractivity contribution is -0.117. The molecular weight excluding hydrogens is 404 g/mol.